The van der Waals surface area contributed by atoms with Crippen LogP contribution < -0.4 is 5.46 Å². The lowest BCUT2D eigenvalue weighted by Crippen LogP contribution is -2.28. The van der Waals surface area contributed by atoms with Gasteiger partial charge in [-0.2, -0.15) is 5.26 Å². The van der Waals surface area contributed by atoms with Crippen molar-refractivity contribution in [3.05, 3.63) is 29.3 Å². The van der Waals surface area contributed by atoms with Crippen LogP contribution in [-0.2, 0) is 16.0 Å². The summed E-state index contributed by atoms with van der Waals surface area (Å²) in [5, 5.41) is 17.7. The number of fused-ring (bicyclic) bond motifs is 1. The Morgan fingerprint density at radius 2 is 2.50 bits per heavy atom. The molecule has 1 aliphatic rings. The monoisotopic (exact) mass is 217 g/mol. The Labute approximate surface area is 92.4 Å². The zero-order valence-electron chi connectivity index (χ0n) is 8.34. The van der Waals surface area contributed by atoms with Crippen molar-refractivity contribution < 1.29 is 19.2 Å². The molecule has 1 aliphatic heterocycles. The van der Waals surface area contributed by atoms with E-state index >= 15 is 0 Å². The van der Waals surface area contributed by atoms with Crippen LogP contribution in [-0.4, -0.2) is 24.7 Å². The van der Waals surface area contributed by atoms with Crippen LogP contribution >= 0.6 is 0 Å². The minimum absolute atomic E-state index is 0.283. The first-order valence-corrected chi connectivity index (χ1v) is 4.69. The highest BCUT2D eigenvalue weighted by molar-refractivity contribution is 6.61. The molecule has 0 atom stereocenters. The zero-order valence-corrected chi connectivity index (χ0v) is 8.34. The fourth-order valence-corrected chi connectivity index (χ4v) is 1.52. The van der Waals surface area contributed by atoms with Crippen molar-refractivity contribution >= 4 is 18.6 Å². The second-order valence-electron chi connectivity index (χ2n) is 3.31. The van der Waals surface area contributed by atoms with E-state index in [4.69, 9.17) is 9.92 Å². The number of benzene rings is 1. The number of nitrogens with zero attached hydrogens (tertiary/aromatic N) is 1. The molecule has 0 saturated heterocycles. The van der Waals surface area contributed by atoms with E-state index in [0.29, 0.717) is 17.6 Å². The first-order valence-electron chi connectivity index (χ1n) is 4.69. The number of hydrogen-bond donors (Lipinski definition) is 1. The van der Waals surface area contributed by atoms with Crippen molar-refractivity contribution in [1.82, 2.24) is 0 Å². The third kappa shape index (κ3) is 1.91. The lowest BCUT2D eigenvalue weighted by atomic mass is 9.79. The van der Waals surface area contributed by atoms with Crippen molar-refractivity contribution in [2.24, 2.45) is 0 Å². The smallest absolute Gasteiger partial charge is 0.447 e. The highest BCUT2D eigenvalue weighted by Crippen LogP contribution is 2.11. The van der Waals surface area contributed by atoms with Gasteiger partial charge >= 0.3 is 13.1 Å². The summed E-state index contributed by atoms with van der Waals surface area (Å²) in [4.78, 5) is 11.4. The molecule has 1 aromatic carbocycles. The zero-order chi connectivity index (χ0) is 11.5. The molecule has 0 aromatic heterocycles. The molecule has 0 saturated carbocycles. The van der Waals surface area contributed by atoms with E-state index in [1.54, 1.807) is 18.2 Å². The average molecular weight is 217 g/mol. The summed E-state index contributed by atoms with van der Waals surface area (Å²) in [5.74, 6) is -0.580. The number of esters is 1. The van der Waals surface area contributed by atoms with Crippen LogP contribution in [0.4, 0.5) is 0 Å². The molecule has 6 heteroatoms. The Morgan fingerprint density at radius 1 is 1.69 bits per heavy atom. The largest absolute Gasteiger partial charge is 0.491 e. The molecule has 0 amide bonds. The van der Waals surface area contributed by atoms with Crippen LogP contribution in [0.2, 0.25) is 0 Å². The second-order valence-corrected chi connectivity index (χ2v) is 3.31. The molecule has 1 N–H and O–H groups in total. The minimum atomic E-state index is -0.987. The predicted octanol–water partition coefficient (Wildman–Crippen LogP) is -0.415. The van der Waals surface area contributed by atoms with Crippen LogP contribution in [0.25, 0.3) is 0 Å². The van der Waals surface area contributed by atoms with Crippen molar-refractivity contribution in [2.45, 2.75) is 6.61 Å². The summed E-state index contributed by atoms with van der Waals surface area (Å²) in [6.07, 6.45) is 0. The minimum Gasteiger partial charge on any atom is -0.447 e. The van der Waals surface area contributed by atoms with E-state index in [9.17, 15) is 9.82 Å². The van der Waals surface area contributed by atoms with Crippen molar-refractivity contribution in [2.75, 3.05) is 6.61 Å². The van der Waals surface area contributed by atoms with Gasteiger partial charge in [-0.05, 0) is 23.2 Å². The number of nitriles is 1. The Balaban J connectivity index is 2.21. The molecule has 0 spiro atoms. The van der Waals surface area contributed by atoms with Gasteiger partial charge in [-0.3, -0.25) is 0 Å². The highest BCUT2D eigenvalue weighted by atomic mass is 16.5. The van der Waals surface area contributed by atoms with E-state index in [0.717, 1.165) is 5.56 Å². The summed E-state index contributed by atoms with van der Waals surface area (Å²) in [5.41, 5.74) is 1.73. The highest BCUT2D eigenvalue weighted by Gasteiger charge is 2.28. The fraction of sp³-hybridized carbons (Fsp3) is 0.200. The van der Waals surface area contributed by atoms with E-state index in [-0.39, 0.29) is 6.61 Å². The van der Waals surface area contributed by atoms with E-state index in [2.05, 4.69) is 4.74 Å². The molecule has 5 nitrogen and oxygen atoms in total. The van der Waals surface area contributed by atoms with Gasteiger partial charge < -0.3 is 14.4 Å². The van der Waals surface area contributed by atoms with Crippen molar-refractivity contribution in [3.63, 3.8) is 0 Å². The maximum atomic E-state index is 11.4. The molecule has 0 aliphatic carbocycles. The maximum absolute atomic E-state index is 11.4. The lowest BCUT2D eigenvalue weighted by molar-refractivity contribution is 0.0555. The molecular weight excluding hydrogens is 209 g/mol. The summed E-state index contributed by atoms with van der Waals surface area (Å²) in [7, 11) is -0.987. The van der Waals surface area contributed by atoms with Crippen LogP contribution in [0.1, 0.15) is 15.9 Å². The quantitative estimate of drug-likeness (QED) is 0.537. The Kier molecular flexibility index (Phi) is 2.90. The summed E-state index contributed by atoms with van der Waals surface area (Å²) < 4.78 is 9.64. The Bertz CT molecular complexity index is 468. The van der Waals surface area contributed by atoms with Crippen LogP contribution in [0, 0.1) is 11.3 Å². The summed E-state index contributed by atoms with van der Waals surface area (Å²) >= 11 is 0. The van der Waals surface area contributed by atoms with Crippen LogP contribution in [0.3, 0.4) is 0 Å². The fourth-order valence-electron chi connectivity index (χ4n) is 1.52. The van der Waals surface area contributed by atoms with Gasteiger partial charge in [0.25, 0.3) is 0 Å². The van der Waals surface area contributed by atoms with E-state index in [1.807, 2.05) is 0 Å². The number of rotatable bonds is 2. The SMILES string of the molecule is N#CCOC(=O)c1ccc2c(c1)B(O)OC2. The first kappa shape index (κ1) is 10.7. The standard InChI is InChI=1S/C10H8BNO4/c12-3-4-15-10(13)7-1-2-8-6-16-11(14)9(8)5-7/h1-2,5,14H,4,6H2. The lowest BCUT2D eigenvalue weighted by Gasteiger charge is -2.03. The third-order valence-electron chi connectivity index (χ3n) is 2.31. The topological polar surface area (TPSA) is 79.5 Å². The van der Waals surface area contributed by atoms with Gasteiger partial charge in [0.2, 0.25) is 0 Å². The normalized spacial score (nSPS) is 13.1. The van der Waals surface area contributed by atoms with Gasteiger partial charge in [-0.25, -0.2) is 4.79 Å². The molecule has 16 heavy (non-hydrogen) atoms. The number of hydrogen-bond acceptors (Lipinski definition) is 5. The molecule has 0 radical (unpaired) electrons. The second kappa shape index (κ2) is 4.35. The molecule has 0 fully saturated rings. The summed E-state index contributed by atoms with van der Waals surface area (Å²) in [6, 6.07) is 6.52. The van der Waals surface area contributed by atoms with E-state index < -0.39 is 13.1 Å². The third-order valence-corrected chi connectivity index (χ3v) is 2.31. The number of carbonyl (C=O) groups is 1. The van der Waals surface area contributed by atoms with E-state index in [1.165, 1.54) is 6.07 Å². The molecule has 1 aromatic rings. The Hall–Kier alpha value is -1.84. The van der Waals surface area contributed by atoms with Crippen LogP contribution in [0.5, 0.6) is 0 Å². The molecule has 80 valence electrons. The molecule has 0 unspecified atom stereocenters. The van der Waals surface area contributed by atoms with Gasteiger partial charge in [0, 0.05) is 0 Å². The van der Waals surface area contributed by atoms with Gasteiger partial charge in [-0.1, -0.05) is 6.07 Å². The number of ether oxygens (including phenoxy) is 1. The summed E-state index contributed by atoms with van der Waals surface area (Å²) in [6.45, 7) is 0.0546. The van der Waals surface area contributed by atoms with Gasteiger partial charge in [0.15, 0.2) is 6.61 Å². The van der Waals surface area contributed by atoms with Crippen LogP contribution in [0.15, 0.2) is 18.2 Å². The predicted molar refractivity (Wildman–Crippen MR) is 54.7 cm³/mol. The van der Waals surface area contributed by atoms with Crippen molar-refractivity contribution in [1.29, 1.82) is 5.26 Å². The van der Waals surface area contributed by atoms with Gasteiger partial charge in [-0.15, -0.1) is 0 Å². The van der Waals surface area contributed by atoms with Gasteiger partial charge in [0.1, 0.15) is 6.07 Å². The maximum Gasteiger partial charge on any atom is 0.491 e. The molecular formula is C10H8BNO4. The molecule has 0 bridgehead atoms. The van der Waals surface area contributed by atoms with Gasteiger partial charge in [0.05, 0.1) is 12.2 Å². The first-order chi connectivity index (χ1) is 7.72. The average Bonchev–Trinajstić information content (AvgIpc) is 2.67. The molecule has 1 heterocycles. The van der Waals surface area contributed by atoms with Crippen molar-refractivity contribution in [3.8, 4) is 6.07 Å². The molecule has 2 rings (SSSR count). The Morgan fingerprint density at radius 3 is 3.25 bits per heavy atom. The number of carbonyl (C=O) groups excluding carboxylic acids is 1.